The van der Waals surface area contributed by atoms with Crippen molar-refractivity contribution >= 4 is 23.5 Å². The Bertz CT molecular complexity index is 841. The van der Waals surface area contributed by atoms with E-state index >= 15 is 0 Å². The van der Waals surface area contributed by atoms with Crippen LogP contribution in [-0.4, -0.2) is 36.3 Å². The maximum absolute atomic E-state index is 12.8. The minimum atomic E-state index is -1.06. The van der Waals surface area contributed by atoms with Gasteiger partial charge in [-0.25, -0.2) is 4.79 Å². The number of carbonyl (C=O) groups is 2. The van der Waals surface area contributed by atoms with Gasteiger partial charge in [0.05, 0.1) is 13.2 Å². The van der Waals surface area contributed by atoms with Crippen molar-refractivity contribution in [3.63, 3.8) is 0 Å². The van der Waals surface area contributed by atoms with Crippen LogP contribution in [0.15, 0.2) is 48.5 Å². The summed E-state index contributed by atoms with van der Waals surface area (Å²) in [6.07, 6.45) is -1.11. The van der Waals surface area contributed by atoms with E-state index < -0.39 is 24.2 Å². The number of hydrogen-bond donors (Lipinski definition) is 2. The van der Waals surface area contributed by atoms with E-state index in [1.54, 1.807) is 19.2 Å². The average Bonchev–Trinajstić information content (AvgIpc) is 3.17. The number of benzene rings is 2. The number of carboxylic acid groups (broad SMARTS) is 1. The van der Waals surface area contributed by atoms with Crippen LogP contribution in [-0.2, 0) is 14.3 Å². The summed E-state index contributed by atoms with van der Waals surface area (Å²) in [5.41, 5.74) is 1.46. The first-order valence-corrected chi connectivity index (χ1v) is 8.95. The van der Waals surface area contributed by atoms with E-state index in [9.17, 15) is 9.59 Å². The third kappa shape index (κ3) is 4.23. The monoisotopic (exact) mass is 389 g/mol. The summed E-state index contributed by atoms with van der Waals surface area (Å²) >= 11 is 6.37. The molecule has 0 saturated carbocycles. The topological polar surface area (TPSA) is 84.9 Å². The molecule has 0 bridgehead atoms. The Labute approximate surface area is 162 Å². The number of amides is 1. The van der Waals surface area contributed by atoms with Gasteiger partial charge in [-0.15, -0.1) is 0 Å². The van der Waals surface area contributed by atoms with E-state index in [2.05, 4.69) is 5.32 Å². The van der Waals surface area contributed by atoms with Crippen molar-refractivity contribution in [3.8, 4) is 5.75 Å². The van der Waals surface area contributed by atoms with Gasteiger partial charge in [0.1, 0.15) is 11.9 Å². The first kappa shape index (κ1) is 19.2. The van der Waals surface area contributed by atoms with Crippen LogP contribution in [0.3, 0.4) is 0 Å². The van der Waals surface area contributed by atoms with Gasteiger partial charge in [0.15, 0.2) is 6.10 Å². The predicted molar refractivity (Wildman–Crippen MR) is 100.0 cm³/mol. The summed E-state index contributed by atoms with van der Waals surface area (Å²) in [6.45, 7) is 0. The first-order valence-electron chi connectivity index (χ1n) is 8.57. The number of methoxy groups -OCH3 is 1. The lowest BCUT2D eigenvalue weighted by Crippen LogP contribution is -2.38. The van der Waals surface area contributed by atoms with Crippen molar-refractivity contribution in [2.75, 3.05) is 7.11 Å². The molecular weight excluding hydrogens is 370 g/mol. The van der Waals surface area contributed by atoms with E-state index in [0.29, 0.717) is 29.2 Å². The zero-order chi connectivity index (χ0) is 19.4. The minimum absolute atomic E-state index is 0.304. The van der Waals surface area contributed by atoms with Crippen molar-refractivity contribution in [1.82, 2.24) is 5.32 Å². The minimum Gasteiger partial charge on any atom is -0.496 e. The lowest BCUT2D eigenvalue weighted by Gasteiger charge is -2.24. The molecule has 142 valence electrons. The van der Waals surface area contributed by atoms with Gasteiger partial charge < -0.3 is 19.9 Å². The van der Waals surface area contributed by atoms with Gasteiger partial charge in [-0.1, -0.05) is 48.0 Å². The van der Waals surface area contributed by atoms with Crippen molar-refractivity contribution in [2.24, 2.45) is 0 Å². The summed E-state index contributed by atoms with van der Waals surface area (Å²) in [6, 6.07) is 14.0. The van der Waals surface area contributed by atoms with Crippen LogP contribution in [0.4, 0.5) is 0 Å². The zero-order valence-corrected chi connectivity index (χ0v) is 15.5. The fourth-order valence-corrected chi connectivity index (χ4v) is 3.43. The number of aliphatic carboxylic acids is 1. The van der Waals surface area contributed by atoms with Crippen molar-refractivity contribution in [3.05, 3.63) is 64.7 Å². The smallest absolute Gasteiger partial charge is 0.332 e. The van der Waals surface area contributed by atoms with Crippen LogP contribution in [0.1, 0.15) is 30.0 Å². The quantitative estimate of drug-likeness (QED) is 0.792. The van der Waals surface area contributed by atoms with E-state index in [0.717, 1.165) is 5.56 Å². The third-order valence-corrected chi connectivity index (χ3v) is 4.88. The number of rotatable bonds is 6. The van der Waals surface area contributed by atoms with Gasteiger partial charge in [0.2, 0.25) is 5.91 Å². The molecule has 1 aliphatic heterocycles. The summed E-state index contributed by atoms with van der Waals surface area (Å²) < 4.78 is 10.8. The van der Waals surface area contributed by atoms with E-state index in [1.807, 2.05) is 36.4 Å². The van der Waals surface area contributed by atoms with E-state index in [-0.39, 0.29) is 5.91 Å². The number of ether oxygens (including phenoxy) is 2. The fourth-order valence-electron chi connectivity index (χ4n) is 3.18. The molecule has 1 amide bonds. The number of halogens is 1. The van der Waals surface area contributed by atoms with Crippen LogP contribution in [0, 0.1) is 0 Å². The summed E-state index contributed by atoms with van der Waals surface area (Å²) in [5, 5.41) is 12.5. The highest BCUT2D eigenvalue weighted by Crippen LogP contribution is 2.34. The highest BCUT2D eigenvalue weighted by molar-refractivity contribution is 6.31. The molecule has 2 aromatic rings. The lowest BCUT2D eigenvalue weighted by molar-refractivity contribution is -0.151. The Morgan fingerprint density at radius 1 is 1.11 bits per heavy atom. The second kappa shape index (κ2) is 8.41. The molecule has 2 aromatic carbocycles. The lowest BCUT2D eigenvalue weighted by atomic mass is 9.97. The number of hydrogen-bond acceptors (Lipinski definition) is 4. The molecule has 1 fully saturated rings. The standard InChI is InChI=1S/C20H20ClNO5/c1-26-15-9-5-3-7-13(15)18(12-6-2-4-8-14(12)21)22-19(23)16-10-11-17(27-16)20(24)25/h2-9,16-18H,10-11H2,1H3,(H,22,23)(H,24,25)/t16-,17+,18?/m0/s1. The molecular formula is C20H20ClNO5. The zero-order valence-electron chi connectivity index (χ0n) is 14.7. The normalized spacial score (nSPS) is 20.1. The molecule has 6 nitrogen and oxygen atoms in total. The molecule has 0 aliphatic carbocycles. The Balaban J connectivity index is 1.90. The molecule has 3 rings (SSSR count). The molecule has 27 heavy (non-hydrogen) atoms. The average molecular weight is 390 g/mol. The molecule has 1 unspecified atom stereocenters. The van der Waals surface area contributed by atoms with Crippen LogP contribution in [0.25, 0.3) is 0 Å². The molecule has 0 radical (unpaired) electrons. The van der Waals surface area contributed by atoms with Gasteiger partial charge >= 0.3 is 5.97 Å². The Morgan fingerprint density at radius 2 is 1.74 bits per heavy atom. The first-order chi connectivity index (χ1) is 13.0. The second-order valence-corrected chi connectivity index (χ2v) is 6.64. The highest BCUT2D eigenvalue weighted by atomic mass is 35.5. The number of carboxylic acids is 1. The van der Waals surface area contributed by atoms with Crippen molar-refractivity contribution < 1.29 is 24.2 Å². The summed E-state index contributed by atoms with van der Waals surface area (Å²) in [4.78, 5) is 23.8. The van der Waals surface area contributed by atoms with Gasteiger partial charge in [-0.2, -0.15) is 0 Å². The van der Waals surface area contributed by atoms with Gasteiger partial charge in [0.25, 0.3) is 0 Å². The molecule has 0 spiro atoms. The Morgan fingerprint density at radius 3 is 2.37 bits per heavy atom. The molecule has 3 atom stereocenters. The Hall–Kier alpha value is -2.57. The molecule has 2 N–H and O–H groups in total. The highest BCUT2D eigenvalue weighted by Gasteiger charge is 2.36. The van der Waals surface area contributed by atoms with Crippen molar-refractivity contribution in [1.29, 1.82) is 0 Å². The van der Waals surface area contributed by atoms with Gasteiger partial charge in [-0.05, 0) is 30.5 Å². The van der Waals surface area contributed by atoms with Crippen LogP contribution >= 0.6 is 11.6 Å². The van der Waals surface area contributed by atoms with Crippen LogP contribution in [0.2, 0.25) is 5.02 Å². The largest absolute Gasteiger partial charge is 0.496 e. The number of para-hydroxylation sites is 1. The Kier molecular flexibility index (Phi) is 5.98. The van der Waals surface area contributed by atoms with E-state index in [4.69, 9.17) is 26.2 Å². The molecule has 1 saturated heterocycles. The second-order valence-electron chi connectivity index (χ2n) is 6.23. The number of nitrogens with one attached hydrogen (secondary N) is 1. The SMILES string of the molecule is COc1ccccc1C(NC(=O)[C@@H]1CC[C@H](C(=O)O)O1)c1ccccc1Cl. The van der Waals surface area contributed by atoms with E-state index in [1.165, 1.54) is 0 Å². The third-order valence-electron chi connectivity index (χ3n) is 4.54. The summed E-state index contributed by atoms with van der Waals surface area (Å²) in [5.74, 6) is -0.828. The van der Waals surface area contributed by atoms with Crippen LogP contribution < -0.4 is 10.1 Å². The molecule has 0 aromatic heterocycles. The molecule has 1 heterocycles. The maximum atomic E-state index is 12.8. The summed E-state index contributed by atoms with van der Waals surface area (Å²) in [7, 11) is 1.56. The number of carbonyl (C=O) groups excluding carboxylic acids is 1. The molecule has 1 aliphatic rings. The predicted octanol–water partition coefficient (Wildman–Crippen LogP) is 3.19. The van der Waals surface area contributed by atoms with Crippen molar-refractivity contribution in [2.45, 2.75) is 31.1 Å². The van der Waals surface area contributed by atoms with Gasteiger partial charge in [-0.3, -0.25) is 4.79 Å². The van der Waals surface area contributed by atoms with Gasteiger partial charge in [0, 0.05) is 10.6 Å². The maximum Gasteiger partial charge on any atom is 0.332 e. The molecule has 7 heteroatoms. The van der Waals surface area contributed by atoms with Crippen LogP contribution in [0.5, 0.6) is 5.75 Å². The fraction of sp³-hybridized carbons (Fsp3) is 0.300.